The van der Waals surface area contributed by atoms with Crippen LogP contribution in [0.4, 0.5) is 0 Å². The fourth-order valence-electron chi connectivity index (χ4n) is 3.25. The number of aromatic nitrogens is 2. The molecule has 0 bridgehead atoms. The summed E-state index contributed by atoms with van der Waals surface area (Å²) in [7, 11) is 0. The van der Waals surface area contributed by atoms with E-state index in [2.05, 4.69) is 10.4 Å². The summed E-state index contributed by atoms with van der Waals surface area (Å²) in [5.74, 6) is 0.359. The first-order chi connectivity index (χ1) is 15.7. The van der Waals surface area contributed by atoms with Crippen LogP contribution >= 0.6 is 0 Å². The Morgan fingerprint density at radius 3 is 2.09 bits per heavy atom. The largest absolute Gasteiger partial charge is 0.484 e. The molecule has 0 spiro atoms. The maximum absolute atomic E-state index is 12.1. The van der Waals surface area contributed by atoms with Gasteiger partial charge in [0.15, 0.2) is 6.61 Å². The second kappa shape index (κ2) is 10.2. The molecule has 4 aromatic rings. The van der Waals surface area contributed by atoms with Crippen molar-refractivity contribution in [3.05, 3.63) is 107 Å². The molecule has 0 atom stereocenters. The molecular weight excluding hydrogens is 402 g/mol. The van der Waals surface area contributed by atoms with Crippen LogP contribution in [0.1, 0.15) is 0 Å². The molecule has 32 heavy (non-hydrogen) atoms. The van der Waals surface area contributed by atoms with Gasteiger partial charge in [0.25, 0.3) is 11.5 Å². The number of amides is 1. The van der Waals surface area contributed by atoms with Gasteiger partial charge in [0, 0.05) is 18.2 Å². The van der Waals surface area contributed by atoms with E-state index < -0.39 is 0 Å². The molecule has 0 unspecified atom stereocenters. The summed E-state index contributed by atoms with van der Waals surface area (Å²) in [5.41, 5.74) is 3.62. The third-order valence-corrected chi connectivity index (χ3v) is 4.91. The Bertz CT molecular complexity index is 1220. The maximum atomic E-state index is 12.1. The van der Waals surface area contributed by atoms with E-state index in [0.29, 0.717) is 11.4 Å². The number of hydrogen-bond donors (Lipinski definition) is 1. The lowest BCUT2D eigenvalue weighted by Gasteiger charge is -2.10. The molecule has 1 aromatic heterocycles. The normalized spacial score (nSPS) is 10.5. The number of hydrogen-bond acceptors (Lipinski definition) is 4. The van der Waals surface area contributed by atoms with Crippen LogP contribution in [0.3, 0.4) is 0 Å². The molecule has 0 aliphatic rings. The molecule has 0 fully saturated rings. The van der Waals surface area contributed by atoms with Gasteiger partial charge in [-0.1, -0.05) is 72.8 Å². The molecule has 6 heteroatoms. The lowest BCUT2D eigenvalue weighted by Crippen LogP contribution is -2.34. The SMILES string of the molecule is O=C(COc1ccc(-c2ccccc2)cc1)NCCn1nc(-c2ccccc2)ccc1=O. The van der Waals surface area contributed by atoms with Gasteiger partial charge in [-0.05, 0) is 29.3 Å². The van der Waals surface area contributed by atoms with E-state index >= 15 is 0 Å². The molecule has 1 heterocycles. The van der Waals surface area contributed by atoms with Crippen LogP contribution in [0.5, 0.6) is 5.75 Å². The third-order valence-electron chi connectivity index (χ3n) is 4.91. The average molecular weight is 425 g/mol. The van der Waals surface area contributed by atoms with Crippen molar-refractivity contribution < 1.29 is 9.53 Å². The Labute approximate surface area is 186 Å². The summed E-state index contributed by atoms with van der Waals surface area (Å²) in [6.07, 6.45) is 0. The summed E-state index contributed by atoms with van der Waals surface area (Å²) in [6.45, 7) is 0.453. The number of carbonyl (C=O) groups excluding carboxylic acids is 1. The number of ether oxygens (including phenoxy) is 1. The van der Waals surface area contributed by atoms with E-state index in [0.717, 1.165) is 16.7 Å². The van der Waals surface area contributed by atoms with E-state index in [4.69, 9.17) is 4.74 Å². The number of nitrogens with zero attached hydrogens (tertiary/aromatic N) is 2. The van der Waals surface area contributed by atoms with Crippen LogP contribution in [0, 0.1) is 0 Å². The topological polar surface area (TPSA) is 73.2 Å². The van der Waals surface area contributed by atoms with Crippen molar-refractivity contribution in [1.82, 2.24) is 15.1 Å². The van der Waals surface area contributed by atoms with Gasteiger partial charge in [0.1, 0.15) is 5.75 Å². The van der Waals surface area contributed by atoms with Crippen LogP contribution < -0.4 is 15.6 Å². The third kappa shape index (κ3) is 5.49. The second-order valence-electron chi connectivity index (χ2n) is 7.18. The molecule has 0 saturated carbocycles. The van der Waals surface area contributed by atoms with E-state index in [1.165, 1.54) is 10.7 Å². The quantitative estimate of drug-likeness (QED) is 0.466. The van der Waals surface area contributed by atoms with Crippen molar-refractivity contribution >= 4 is 5.91 Å². The minimum absolute atomic E-state index is 0.100. The zero-order valence-electron chi connectivity index (χ0n) is 17.5. The summed E-state index contributed by atoms with van der Waals surface area (Å²) in [4.78, 5) is 24.2. The van der Waals surface area contributed by atoms with Gasteiger partial charge in [-0.15, -0.1) is 0 Å². The molecule has 160 valence electrons. The van der Waals surface area contributed by atoms with Crippen LogP contribution in [-0.4, -0.2) is 28.8 Å². The number of benzene rings is 3. The van der Waals surface area contributed by atoms with Gasteiger partial charge in [0.2, 0.25) is 0 Å². The van der Waals surface area contributed by atoms with Crippen molar-refractivity contribution in [3.63, 3.8) is 0 Å². The Morgan fingerprint density at radius 1 is 0.781 bits per heavy atom. The molecule has 6 nitrogen and oxygen atoms in total. The lowest BCUT2D eigenvalue weighted by atomic mass is 10.1. The maximum Gasteiger partial charge on any atom is 0.266 e. The minimum atomic E-state index is -0.260. The van der Waals surface area contributed by atoms with Crippen molar-refractivity contribution in [3.8, 4) is 28.1 Å². The van der Waals surface area contributed by atoms with E-state index in [9.17, 15) is 9.59 Å². The lowest BCUT2D eigenvalue weighted by molar-refractivity contribution is -0.123. The van der Waals surface area contributed by atoms with Gasteiger partial charge in [-0.2, -0.15) is 5.10 Å². The highest BCUT2D eigenvalue weighted by atomic mass is 16.5. The molecule has 0 radical (unpaired) electrons. The van der Waals surface area contributed by atoms with Crippen LogP contribution in [-0.2, 0) is 11.3 Å². The van der Waals surface area contributed by atoms with Crippen LogP contribution in [0.25, 0.3) is 22.4 Å². The van der Waals surface area contributed by atoms with Gasteiger partial charge < -0.3 is 10.1 Å². The van der Waals surface area contributed by atoms with Crippen molar-refractivity contribution in [2.45, 2.75) is 6.54 Å². The fraction of sp³-hybridized carbons (Fsp3) is 0.115. The highest BCUT2D eigenvalue weighted by Crippen LogP contribution is 2.22. The van der Waals surface area contributed by atoms with Crippen LogP contribution in [0.2, 0.25) is 0 Å². The zero-order chi connectivity index (χ0) is 22.2. The first kappa shape index (κ1) is 21.1. The number of carbonyl (C=O) groups is 1. The molecule has 1 amide bonds. The Hall–Kier alpha value is -4.19. The van der Waals surface area contributed by atoms with E-state index in [1.807, 2.05) is 84.9 Å². The number of rotatable bonds is 8. The Kier molecular flexibility index (Phi) is 6.72. The van der Waals surface area contributed by atoms with E-state index in [-0.39, 0.29) is 31.2 Å². The Morgan fingerprint density at radius 2 is 1.41 bits per heavy atom. The van der Waals surface area contributed by atoms with E-state index in [1.54, 1.807) is 6.07 Å². The van der Waals surface area contributed by atoms with Gasteiger partial charge in [-0.3, -0.25) is 9.59 Å². The smallest absolute Gasteiger partial charge is 0.266 e. The highest BCUT2D eigenvalue weighted by molar-refractivity contribution is 5.77. The zero-order valence-corrected chi connectivity index (χ0v) is 17.5. The average Bonchev–Trinajstić information content (AvgIpc) is 2.85. The first-order valence-electron chi connectivity index (χ1n) is 10.4. The number of nitrogens with one attached hydrogen (secondary N) is 1. The molecule has 0 aliphatic heterocycles. The minimum Gasteiger partial charge on any atom is -0.484 e. The van der Waals surface area contributed by atoms with Gasteiger partial charge >= 0.3 is 0 Å². The molecule has 4 rings (SSSR count). The van der Waals surface area contributed by atoms with Crippen LogP contribution in [0.15, 0.2) is 102 Å². The first-order valence-corrected chi connectivity index (χ1v) is 10.4. The monoisotopic (exact) mass is 425 g/mol. The second-order valence-corrected chi connectivity index (χ2v) is 7.18. The molecule has 0 aliphatic carbocycles. The van der Waals surface area contributed by atoms with Crippen molar-refractivity contribution in [2.75, 3.05) is 13.2 Å². The highest BCUT2D eigenvalue weighted by Gasteiger charge is 2.06. The summed E-state index contributed by atoms with van der Waals surface area (Å²) >= 11 is 0. The Balaban J connectivity index is 1.26. The standard InChI is InChI=1S/C26H23N3O3/c30-25(19-32-23-13-11-21(12-14-23)20-7-3-1-4-8-20)27-17-18-29-26(31)16-15-24(28-29)22-9-5-2-6-10-22/h1-16H,17-19H2,(H,27,30). The molecule has 3 aromatic carbocycles. The molecule has 1 N–H and O–H groups in total. The van der Waals surface area contributed by atoms with Crippen molar-refractivity contribution in [2.24, 2.45) is 0 Å². The molecular formula is C26H23N3O3. The summed E-state index contributed by atoms with van der Waals surface area (Å²) < 4.78 is 6.92. The summed E-state index contributed by atoms with van der Waals surface area (Å²) in [6, 6.07) is 30.5. The predicted molar refractivity (Wildman–Crippen MR) is 124 cm³/mol. The van der Waals surface area contributed by atoms with Crippen molar-refractivity contribution in [1.29, 1.82) is 0 Å². The molecule has 0 saturated heterocycles. The fourth-order valence-corrected chi connectivity index (χ4v) is 3.25. The predicted octanol–water partition coefficient (Wildman–Crippen LogP) is 3.77. The summed E-state index contributed by atoms with van der Waals surface area (Å²) in [5, 5.41) is 7.15. The van der Waals surface area contributed by atoms with Gasteiger partial charge in [-0.25, -0.2) is 4.68 Å². The van der Waals surface area contributed by atoms with Gasteiger partial charge in [0.05, 0.1) is 12.2 Å².